The second-order valence-electron chi connectivity index (χ2n) is 3.74. The molecule has 1 rings (SSSR count). The second-order valence-corrected chi connectivity index (χ2v) is 3.74. The van der Waals surface area contributed by atoms with Crippen LogP contribution < -0.4 is 10.6 Å². The Labute approximate surface area is 76.5 Å². The van der Waals surface area contributed by atoms with E-state index in [4.69, 9.17) is 10.6 Å². The maximum atomic E-state index is 10.5. The molecule has 1 heterocycles. The van der Waals surface area contributed by atoms with Gasteiger partial charge in [-0.15, -0.1) is 0 Å². The number of carbonyl (C=O) groups is 1. The minimum atomic E-state index is -0.844. The quantitative estimate of drug-likeness (QED) is 0.696. The molecule has 13 heavy (non-hydrogen) atoms. The van der Waals surface area contributed by atoms with Gasteiger partial charge in [-0.3, -0.25) is 0 Å². The molecule has 2 N–H and O–H groups in total. The Kier molecular flexibility index (Phi) is 2.27. The minimum Gasteiger partial charge on any atom is -0.333 e. The van der Waals surface area contributed by atoms with E-state index in [0.717, 1.165) is 0 Å². The Morgan fingerprint density at radius 2 is 2.23 bits per heavy atom. The SMILES string of the molecule is CC(C)(C)c1nccn1OC(N)=O. The first-order valence-electron chi connectivity index (χ1n) is 3.93. The number of nitrogens with two attached hydrogens (primary N) is 1. The van der Waals surface area contributed by atoms with Crippen molar-refractivity contribution in [2.24, 2.45) is 5.73 Å². The lowest BCUT2D eigenvalue weighted by atomic mass is 9.96. The number of hydrogen-bond acceptors (Lipinski definition) is 3. The Hall–Kier alpha value is -1.52. The minimum absolute atomic E-state index is 0.182. The van der Waals surface area contributed by atoms with E-state index in [1.165, 1.54) is 4.73 Å². The molecule has 0 unspecified atom stereocenters. The summed E-state index contributed by atoms with van der Waals surface area (Å²) in [5.74, 6) is 0.659. The van der Waals surface area contributed by atoms with E-state index in [2.05, 4.69) is 4.98 Å². The summed E-state index contributed by atoms with van der Waals surface area (Å²) in [6, 6.07) is 0. The highest BCUT2D eigenvalue weighted by Crippen LogP contribution is 2.18. The molecule has 0 aliphatic heterocycles. The van der Waals surface area contributed by atoms with Gasteiger partial charge in [0.15, 0.2) is 5.82 Å². The first-order chi connectivity index (χ1) is 5.91. The molecule has 72 valence electrons. The standard InChI is InChI=1S/C8H13N3O2/c1-8(2,3)6-10-4-5-11(6)13-7(9)12/h4-5H,1-3H3,(H2,9,12). The summed E-state index contributed by atoms with van der Waals surface area (Å²) in [6.45, 7) is 5.91. The molecule has 0 fully saturated rings. The van der Waals surface area contributed by atoms with Crippen molar-refractivity contribution in [1.29, 1.82) is 0 Å². The normalized spacial score (nSPS) is 11.3. The number of rotatable bonds is 1. The average molecular weight is 183 g/mol. The van der Waals surface area contributed by atoms with Crippen LogP contribution >= 0.6 is 0 Å². The third-order valence-corrected chi connectivity index (χ3v) is 1.47. The first kappa shape index (κ1) is 9.57. The van der Waals surface area contributed by atoms with Crippen LogP contribution in [0.1, 0.15) is 26.6 Å². The van der Waals surface area contributed by atoms with Crippen LogP contribution in [-0.4, -0.2) is 15.8 Å². The Bertz CT molecular complexity index is 311. The summed E-state index contributed by atoms with van der Waals surface area (Å²) < 4.78 is 1.28. The number of primary amides is 1. The zero-order chi connectivity index (χ0) is 10.1. The first-order valence-corrected chi connectivity index (χ1v) is 3.93. The van der Waals surface area contributed by atoms with E-state index in [1.807, 2.05) is 20.8 Å². The predicted octanol–water partition coefficient (Wildman–Crippen LogP) is 0.688. The van der Waals surface area contributed by atoms with Crippen LogP contribution in [0.3, 0.4) is 0 Å². The number of aromatic nitrogens is 2. The molecule has 0 bridgehead atoms. The topological polar surface area (TPSA) is 70.1 Å². The van der Waals surface area contributed by atoms with E-state index in [9.17, 15) is 4.79 Å². The van der Waals surface area contributed by atoms with Gasteiger partial charge in [-0.25, -0.2) is 9.78 Å². The number of amides is 1. The molecule has 1 aromatic rings. The molecule has 0 aliphatic rings. The zero-order valence-electron chi connectivity index (χ0n) is 7.94. The highest BCUT2D eigenvalue weighted by Gasteiger charge is 2.21. The maximum absolute atomic E-state index is 10.5. The van der Waals surface area contributed by atoms with Gasteiger partial charge in [0.05, 0.1) is 6.20 Å². The third kappa shape index (κ3) is 2.21. The molecule has 0 saturated carbocycles. The number of nitrogens with zero attached hydrogens (tertiary/aromatic N) is 2. The molecule has 1 aromatic heterocycles. The Morgan fingerprint density at radius 1 is 1.62 bits per heavy atom. The summed E-state index contributed by atoms with van der Waals surface area (Å²) >= 11 is 0. The van der Waals surface area contributed by atoms with Crippen molar-refractivity contribution in [2.75, 3.05) is 0 Å². The molecule has 0 saturated heterocycles. The summed E-state index contributed by atoms with van der Waals surface area (Å²) in [5, 5.41) is 0. The highest BCUT2D eigenvalue weighted by molar-refractivity contribution is 5.64. The molecule has 0 spiro atoms. The van der Waals surface area contributed by atoms with Crippen molar-refractivity contribution < 1.29 is 9.63 Å². The van der Waals surface area contributed by atoms with Crippen molar-refractivity contribution in [1.82, 2.24) is 9.71 Å². The largest absolute Gasteiger partial charge is 0.429 e. The van der Waals surface area contributed by atoms with Gasteiger partial charge >= 0.3 is 6.09 Å². The number of carbonyl (C=O) groups excluding carboxylic acids is 1. The van der Waals surface area contributed by atoms with Crippen molar-refractivity contribution in [3.63, 3.8) is 0 Å². The van der Waals surface area contributed by atoms with Gasteiger partial charge < -0.3 is 10.6 Å². The van der Waals surface area contributed by atoms with E-state index < -0.39 is 6.09 Å². The highest BCUT2D eigenvalue weighted by atomic mass is 16.7. The average Bonchev–Trinajstić information content (AvgIpc) is 2.31. The van der Waals surface area contributed by atoms with Crippen LogP contribution in [0.4, 0.5) is 4.79 Å². The van der Waals surface area contributed by atoms with Crippen molar-refractivity contribution in [3.8, 4) is 0 Å². The van der Waals surface area contributed by atoms with Crippen molar-refractivity contribution in [3.05, 3.63) is 18.2 Å². The van der Waals surface area contributed by atoms with Gasteiger partial charge in [0.1, 0.15) is 0 Å². The van der Waals surface area contributed by atoms with Gasteiger partial charge in [0.25, 0.3) is 0 Å². The van der Waals surface area contributed by atoms with Crippen LogP contribution in [0.5, 0.6) is 0 Å². The molecule has 0 aliphatic carbocycles. The van der Waals surface area contributed by atoms with E-state index in [-0.39, 0.29) is 5.41 Å². The summed E-state index contributed by atoms with van der Waals surface area (Å²) in [4.78, 5) is 19.3. The molecule has 5 heteroatoms. The van der Waals surface area contributed by atoms with Gasteiger partial charge in [-0.2, -0.15) is 4.73 Å². The zero-order valence-corrected chi connectivity index (χ0v) is 7.94. The number of imidazole rings is 1. The fourth-order valence-corrected chi connectivity index (χ4v) is 0.987. The molecule has 0 atom stereocenters. The lowest BCUT2D eigenvalue weighted by Crippen LogP contribution is -2.30. The van der Waals surface area contributed by atoms with Crippen LogP contribution in [0.2, 0.25) is 0 Å². The molecular formula is C8H13N3O2. The summed E-state index contributed by atoms with van der Waals surface area (Å²) in [5.41, 5.74) is 4.70. The fraction of sp³-hybridized carbons (Fsp3) is 0.500. The van der Waals surface area contributed by atoms with Crippen LogP contribution in [0.15, 0.2) is 12.4 Å². The predicted molar refractivity (Wildman–Crippen MR) is 47.1 cm³/mol. The van der Waals surface area contributed by atoms with Gasteiger partial charge in [0, 0.05) is 11.6 Å². The monoisotopic (exact) mass is 183 g/mol. The van der Waals surface area contributed by atoms with Crippen molar-refractivity contribution >= 4 is 6.09 Å². The van der Waals surface area contributed by atoms with E-state index in [1.54, 1.807) is 12.4 Å². The van der Waals surface area contributed by atoms with Crippen molar-refractivity contribution in [2.45, 2.75) is 26.2 Å². The molecular weight excluding hydrogens is 170 g/mol. The lowest BCUT2D eigenvalue weighted by molar-refractivity contribution is 0.134. The molecule has 5 nitrogen and oxygen atoms in total. The fourth-order valence-electron chi connectivity index (χ4n) is 0.987. The Balaban J connectivity index is 2.96. The van der Waals surface area contributed by atoms with Crippen LogP contribution in [0.25, 0.3) is 0 Å². The van der Waals surface area contributed by atoms with Gasteiger partial charge in [0.2, 0.25) is 0 Å². The van der Waals surface area contributed by atoms with Gasteiger partial charge in [-0.1, -0.05) is 20.8 Å². The number of hydrogen-bond donors (Lipinski definition) is 1. The Morgan fingerprint density at radius 3 is 2.69 bits per heavy atom. The maximum Gasteiger partial charge on any atom is 0.429 e. The van der Waals surface area contributed by atoms with E-state index >= 15 is 0 Å². The van der Waals surface area contributed by atoms with E-state index in [0.29, 0.717) is 5.82 Å². The molecule has 0 radical (unpaired) electrons. The third-order valence-electron chi connectivity index (χ3n) is 1.47. The smallest absolute Gasteiger partial charge is 0.333 e. The lowest BCUT2D eigenvalue weighted by Gasteiger charge is -2.17. The van der Waals surface area contributed by atoms with Gasteiger partial charge in [-0.05, 0) is 0 Å². The summed E-state index contributed by atoms with van der Waals surface area (Å²) in [7, 11) is 0. The van der Waals surface area contributed by atoms with Crippen LogP contribution in [-0.2, 0) is 5.41 Å². The summed E-state index contributed by atoms with van der Waals surface area (Å²) in [6.07, 6.45) is 2.26. The van der Waals surface area contributed by atoms with Crippen LogP contribution in [0, 0.1) is 0 Å². The molecule has 1 amide bonds. The molecule has 0 aromatic carbocycles. The second kappa shape index (κ2) is 3.08.